The number of aromatic nitrogens is 3. The van der Waals surface area contributed by atoms with Crippen LogP contribution in [0.25, 0.3) is 0 Å². The Kier molecular flexibility index (Phi) is 5.90. The van der Waals surface area contributed by atoms with Gasteiger partial charge in [-0.15, -0.1) is 10.2 Å². The Morgan fingerprint density at radius 1 is 1.41 bits per heavy atom. The number of rotatable bonds is 7. The van der Waals surface area contributed by atoms with Gasteiger partial charge < -0.3 is 9.30 Å². The maximum absolute atomic E-state index is 12.6. The van der Waals surface area contributed by atoms with Crippen LogP contribution in [0.4, 0.5) is 0 Å². The summed E-state index contributed by atoms with van der Waals surface area (Å²) in [6.45, 7) is 4.68. The molecule has 0 spiro atoms. The minimum absolute atomic E-state index is 0.206. The lowest BCUT2D eigenvalue weighted by molar-refractivity contribution is 0.185. The topological polar surface area (TPSA) is 80.6 Å². The van der Waals surface area contributed by atoms with Crippen molar-refractivity contribution in [3.63, 3.8) is 0 Å². The van der Waals surface area contributed by atoms with Crippen molar-refractivity contribution in [2.45, 2.75) is 32.9 Å². The zero-order valence-electron chi connectivity index (χ0n) is 13.5. The molecule has 22 heavy (non-hydrogen) atoms. The van der Waals surface area contributed by atoms with E-state index in [-0.39, 0.29) is 6.54 Å². The summed E-state index contributed by atoms with van der Waals surface area (Å²) in [5.74, 6) is 1.21. The van der Waals surface area contributed by atoms with Gasteiger partial charge in [0.25, 0.3) is 10.2 Å². The fraction of sp³-hybridized carbons (Fsp3) is 0.846. The lowest BCUT2D eigenvalue weighted by Crippen LogP contribution is -2.45. The van der Waals surface area contributed by atoms with Gasteiger partial charge in [0.15, 0.2) is 0 Å². The van der Waals surface area contributed by atoms with Crippen LogP contribution >= 0.6 is 0 Å². The number of hydrogen-bond acceptors (Lipinski definition) is 5. The van der Waals surface area contributed by atoms with Crippen LogP contribution in [0.2, 0.25) is 0 Å². The van der Waals surface area contributed by atoms with E-state index in [1.165, 1.54) is 4.31 Å². The molecule has 0 radical (unpaired) electrons. The number of hydrogen-bond donors (Lipinski definition) is 0. The molecule has 1 aliphatic rings. The number of methoxy groups -OCH3 is 1. The largest absolute Gasteiger partial charge is 0.383 e. The Labute approximate surface area is 132 Å². The van der Waals surface area contributed by atoms with Crippen molar-refractivity contribution in [1.82, 2.24) is 23.4 Å². The van der Waals surface area contributed by atoms with Crippen LogP contribution in [0.5, 0.6) is 0 Å². The first-order valence-electron chi connectivity index (χ1n) is 7.52. The Morgan fingerprint density at radius 2 is 2.09 bits per heavy atom. The van der Waals surface area contributed by atoms with Gasteiger partial charge in [-0.1, -0.05) is 6.92 Å². The molecule has 126 valence electrons. The van der Waals surface area contributed by atoms with Crippen LogP contribution in [-0.2, 0) is 28.0 Å². The van der Waals surface area contributed by atoms with Gasteiger partial charge in [-0.2, -0.15) is 17.0 Å². The van der Waals surface area contributed by atoms with Crippen molar-refractivity contribution in [3.05, 3.63) is 12.2 Å². The minimum Gasteiger partial charge on any atom is -0.383 e. The molecule has 0 aliphatic carbocycles. The molecule has 9 heteroatoms. The maximum Gasteiger partial charge on any atom is 0.282 e. The molecule has 0 bridgehead atoms. The molecule has 2 rings (SSSR count). The number of piperidine rings is 1. The molecule has 0 unspecified atom stereocenters. The average Bonchev–Trinajstić information content (AvgIpc) is 2.92. The van der Waals surface area contributed by atoms with E-state index in [1.807, 2.05) is 4.57 Å². The van der Waals surface area contributed by atoms with E-state index >= 15 is 0 Å². The zero-order chi connectivity index (χ0) is 16.2. The van der Waals surface area contributed by atoms with Gasteiger partial charge in [-0.25, -0.2) is 0 Å². The summed E-state index contributed by atoms with van der Waals surface area (Å²) in [6, 6.07) is 0. The summed E-state index contributed by atoms with van der Waals surface area (Å²) in [5.41, 5.74) is 0. The normalized spacial score (nSPS) is 18.2. The fourth-order valence-electron chi connectivity index (χ4n) is 2.47. The van der Waals surface area contributed by atoms with Gasteiger partial charge in [0.05, 0.1) is 13.2 Å². The van der Waals surface area contributed by atoms with Gasteiger partial charge in [0.2, 0.25) is 0 Å². The molecular weight excluding hydrogens is 306 g/mol. The number of nitrogens with zero attached hydrogens (tertiary/aromatic N) is 5. The molecule has 8 nitrogen and oxygen atoms in total. The van der Waals surface area contributed by atoms with E-state index in [0.717, 1.165) is 12.8 Å². The molecule has 1 fully saturated rings. The molecule has 1 aromatic rings. The minimum atomic E-state index is -3.44. The molecule has 2 heterocycles. The third-order valence-electron chi connectivity index (χ3n) is 4.06. The van der Waals surface area contributed by atoms with Gasteiger partial charge in [0.1, 0.15) is 12.2 Å². The smallest absolute Gasteiger partial charge is 0.282 e. The lowest BCUT2D eigenvalue weighted by atomic mass is 10.0. The first-order valence-corrected chi connectivity index (χ1v) is 8.92. The van der Waals surface area contributed by atoms with Crippen molar-refractivity contribution in [1.29, 1.82) is 0 Å². The standard InChI is InChI=1S/C13H25N5O3S/c1-12-4-6-18(7-5-12)22(19,20)16(2)10-13-15-14-11-17(13)8-9-21-3/h11-12H,4-10H2,1-3H3. The molecule has 0 N–H and O–H groups in total. The van der Waals surface area contributed by atoms with Crippen molar-refractivity contribution in [2.24, 2.45) is 5.92 Å². The second-order valence-electron chi connectivity index (χ2n) is 5.78. The van der Waals surface area contributed by atoms with Gasteiger partial charge in [-0.05, 0) is 18.8 Å². The highest BCUT2D eigenvalue weighted by Gasteiger charge is 2.30. The van der Waals surface area contributed by atoms with Crippen LogP contribution in [-0.4, -0.2) is 65.6 Å². The van der Waals surface area contributed by atoms with E-state index in [1.54, 1.807) is 24.8 Å². The van der Waals surface area contributed by atoms with E-state index in [0.29, 0.717) is 38.0 Å². The molecule has 0 atom stereocenters. The van der Waals surface area contributed by atoms with E-state index < -0.39 is 10.2 Å². The van der Waals surface area contributed by atoms with Crippen molar-refractivity contribution < 1.29 is 13.2 Å². The highest BCUT2D eigenvalue weighted by atomic mass is 32.2. The first kappa shape index (κ1) is 17.3. The second kappa shape index (κ2) is 7.49. The molecule has 0 amide bonds. The highest BCUT2D eigenvalue weighted by molar-refractivity contribution is 7.86. The predicted octanol–water partition coefficient (Wildman–Crippen LogP) is 0.333. The third kappa shape index (κ3) is 4.03. The molecular formula is C13H25N5O3S. The second-order valence-corrected chi connectivity index (χ2v) is 7.81. The van der Waals surface area contributed by atoms with Crippen LogP contribution < -0.4 is 0 Å². The summed E-state index contributed by atoms with van der Waals surface area (Å²) in [5, 5.41) is 7.87. The quantitative estimate of drug-likeness (QED) is 0.719. The number of ether oxygens (including phenoxy) is 1. The van der Waals surface area contributed by atoms with Gasteiger partial charge in [-0.3, -0.25) is 0 Å². The third-order valence-corrected chi connectivity index (χ3v) is 5.99. The Hall–Kier alpha value is -1.03. The molecule has 1 aliphatic heterocycles. The van der Waals surface area contributed by atoms with Gasteiger partial charge >= 0.3 is 0 Å². The Bertz CT molecular complexity index is 566. The molecule has 1 aromatic heterocycles. The summed E-state index contributed by atoms with van der Waals surface area (Å²) in [4.78, 5) is 0. The Balaban J connectivity index is 2.01. The fourth-order valence-corrected chi connectivity index (χ4v) is 3.82. The van der Waals surface area contributed by atoms with Crippen molar-refractivity contribution in [3.8, 4) is 0 Å². The van der Waals surface area contributed by atoms with Crippen LogP contribution in [0, 0.1) is 5.92 Å². The summed E-state index contributed by atoms with van der Waals surface area (Å²) < 4.78 is 35.0. The van der Waals surface area contributed by atoms with Crippen LogP contribution in [0.1, 0.15) is 25.6 Å². The maximum atomic E-state index is 12.6. The van der Waals surface area contributed by atoms with Crippen molar-refractivity contribution in [2.75, 3.05) is 33.9 Å². The van der Waals surface area contributed by atoms with Crippen LogP contribution in [0.3, 0.4) is 0 Å². The summed E-state index contributed by atoms with van der Waals surface area (Å²) >= 11 is 0. The monoisotopic (exact) mass is 331 g/mol. The van der Waals surface area contributed by atoms with E-state index in [2.05, 4.69) is 17.1 Å². The molecule has 0 saturated carbocycles. The predicted molar refractivity (Wildman–Crippen MR) is 82.3 cm³/mol. The van der Waals surface area contributed by atoms with Gasteiger partial charge in [0, 0.05) is 33.8 Å². The van der Waals surface area contributed by atoms with E-state index in [9.17, 15) is 8.42 Å². The highest BCUT2D eigenvalue weighted by Crippen LogP contribution is 2.20. The average molecular weight is 331 g/mol. The zero-order valence-corrected chi connectivity index (χ0v) is 14.3. The molecule has 1 saturated heterocycles. The van der Waals surface area contributed by atoms with Crippen molar-refractivity contribution >= 4 is 10.2 Å². The summed E-state index contributed by atoms with van der Waals surface area (Å²) in [6.07, 6.45) is 3.42. The van der Waals surface area contributed by atoms with E-state index in [4.69, 9.17) is 4.74 Å². The first-order chi connectivity index (χ1) is 10.4. The van der Waals surface area contributed by atoms with Crippen LogP contribution in [0.15, 0.2) is 6.33 Å². The molecule has 0 aromatic carbocycles. The summed E-state index contributed by atoms with van der Waals surface area (Å²) in [7, 11) is -0.236. The SMILES string of the molecule is COCCn1cnnc1CN(C)S(=O)(=O)N1CCC(C)CC1. The lowest BCUT2D eigenvalue weighted by Gasteiger charge is -2.32. The Morgan fingerprint density at radius 3 is 2.73 bits per heavy atom.